The first kappa shape index (κ1) is 19.4. The fourth-order valence-corrected chi connectivity index (χ4v) is 3.25. The molecule has 0 spiro atoms. The SMILES string of the molecule is CC(C)(O)C#Cc1ccc2c(c1)[C@H](NC(N)=O)c1cc(-c3cncnc3)ccc1O2. The lowest BCUT2D eigenvalue weighted by Gasteiger charge is -2.29. The standard InChI is InChI=1S/C23H20N4O3/c1-23(2,29)8-7-14-3-5-19-17(9-14)21(27-22(24)28)18-10-15(4-6-20(18)30-19)16-11-25-13-26-12-16/h3-6,9-13,21,29H,1-2H3,(H3,24,27,28)/t21-/m0/s1. The predicted octanol–water partition coefficient (Wildman–Crippen LogP) is 3.13. The van der Waals surface area contributed by atoms with E-state index in [0.29, 0.717) is 17.1 Å². The molecule has 2 heterocycles. The minimum atomic E-state index is -1.11. The highest BCUT2D eigenvalue weighted by Crippen LogP contribution is 2.44. The number of ether oxygens (including phenoxy) is 1. The molecule has 1 aromatic heterocycles. The molecule has 1 aliphatic rings. The molecule has 0 fully saturated rings. The second-order valence-electron chi connectivity index (χ2n) is 7.49. The molecule has 2 amide bonds. The van der Waals surface area contributed by atoms with Crippen LogP contribution in [-0.4, -0.2) is 26.7 Å². The largest absolute Gasteiger partial charge is 0.457 e. The molecule has 0 unspecified atom stereocenters. The van der Waals surface area contributed by atoms with Crippen LogP contribution in [0.2, 0.25) is 0 Å². The van der Waals surface area contributed by atoms with Gasteiger partial charge in [-0.3, -0.25) is 0 Å². The van der Waals surface area contributed by atoms with E-state index < -0.39 is 17.7 Å². The second-order valence-corrected chi connectivity index (χ2v) is 7.49. The van der Waals surface area contributed by atoms with Crippen molar-refractivity contribution in [2.24, 2.45) is 5.73 Å². The van der Waals surface area contributed by atoms with Crippen molar-refractivity contribution in [2.45, 2.75) is 25.5 Å². The van der Waals surface area contributed by atoms with Gasteiger partial charge in [-0.2, -0.15) is 0 Å². The number of nitrogens with two attached hydrogens (primary N) is 1. The van der Waals surface area contributed by atoms with Crippen LogP contribution in [0.5, 0.6) is 11.5 Å². The van der Waals surface area contributed by atoms with Crippen molar-refractivity contribution in [3.8, 4) is 34.5 Å². The fraction of sp³-hybridized carbons (Fsp3) is 0.174. The van der Waals surface area contributed by atoms with Crippen molar-refractivity contribution in [1.29, 1.82) is 0 Å². The Morgan fingerprint density at radius 2 is 1.77 bits per heavy atom. The Labute approximate surface area is 173 Å². The zero-order valence-corrected chi connectivity index (χ0v) is 16.5. The summed E-state index contributed by atoms with van der Waals surface area (Å²) in [5.74, 6) is 6.97. The van der Waals surface area contributed by atoms with Crippen molar-refractivity contribution >= 4 is 6.03 Å². The maximum atomic E-state index is 11.8. The van der Waals surface area contributed by atoms with Crippen molar-refractivity contribution in [1.82, 2.24) is 15.3 Å². The molecule has 0 radical (unpaired) electrons. The summed E-state index contributed by atoms with van der Waals surface area (Å²) in [6.07, 6.45) is 4.90. The molecule has 0 aliphatic carbocycles. The number of urea groups is 1. The zero-order chi connectivity index (χ0) is 21.3. The number of aliphatic hydroxyl groups is 1. The van der Waals surface area contributed by atoms with E-state index in [9.17, 15) is 9.90 Å². The van der Waals surface area contributed by atoms with Gasteiger partial charge in [-0.25, -0.2) is 14.8 Å². The first-order chi connectivity index (χ1) is 14.3. The topological polar surface area (TPSA) is 110 Å². The van der Waals surface area contributed by atoms with Crippen molar-refractivity contribution in [3.63, 3.8) is 0 Å². The first-order valence-corrected chi connectivity index (χ1v) is 9.33. The maximum Gasteiger partial charge on any atom is 0.312 e. The van der Waals surface area contributed by atoms with Gasteiger partial charge in [-0.15, -0.1) is 0 Å². The number of hydrogen-bond donors (Lipinski definition) is 3. The van der Waals surface area contributed by atoms with E-state index in [4.69, 9.17) is 10.5 Å². The smallest absolute Gasteiger partial charge is 0.312 e. The Morgan fingerprint density at radius 3 is 2.43 bits per heavy atom. The lowest BCUT2D eigenvalue weighted by atomic mass is 9.91. The van der Waals surface area contributed by atoms with E-state index >= 15 is 0 Å². The summed E-state index contributed by atoms with van der Waals surface area (Å²) < 4.78 is 6.06. The molecule has 2 aromatic carbocycles. The van der Waals surface area contributed by atoms with Crippen molar-refractivity contribution in [2.75, 3.05) is 0 Å². The molecule has 0 saturated heterocycles. The Hall–Kier alpha value is -3.89. The average Bonchev–Trinajstić information content (AvgIpc) is 2.72. The quantitative estimate of drug-likeness (QED) is 0.573. The normalized spacial score (nSPS) is 14.4. The highest BCUT2D eigenvalue weighted by Gasteiger charge is 2.29. The van der Waals surface area contributed by atoms with E-state index in [0.717, 1.165) is 22.3 Å². The van der Waals surface area contributed by atoms with Crippen LogP contribution in [0.3, 0.4) is 0 Å². The molecule has 4 N–H and O–H groups in total. The molecule has 0 bridgehead atoms. The summed E-state index contributed by atoms with van der Waals surface area (Å²) in [5.41, 5.74) is 8.25. The van der Waals surface area contributed by atoms with Gasteiger partial charge in [0.2, 0.25) is 0 Å². The minimum absolute atomic E-state index is 0.519. The molecule has 150 valence electrons. The Morgan fingerprint density at radius 1 is 1.10 bits per heavy atom. The van der Waals surface area contributed by atoms with Gasteiger partial charge < -0.3 is 20.9 Å². The number of nitrogens with zero attached hydrogens (tertiary/aromatic N) is 2. The molecule has 1 atom stereocenters. The van der Waals surface area contributed by atoms with Gasteiger partial charge >= 0.3 is 6.03 Å². The highest BCUT2D eigenvalue weighted by molar-refractivity contribution is 5.75. The lowest BCUT2D eigenvalue weighted by molar-refractivity contribution is 0.143. The summed E-state index contributed by atoms with van der Waals surface area (Å²) in [6, 6.07) is 9.93. The average molecular weight is 400 g/mol. The molecule has 7 heteroatoms. The maximum absolute atomic E-state index is 11.8. The number of fused-ring (bicyclic) bond motifs is 2. The van der Waals surface area contributed by atoms with Crippen LogP contribution in [0.25, 0.3) is 11.1 Å². The summed E-state index contributed by atoms with van der Waals surface area (Å²) in [4.78, 5) is 19.9. The number of aromatic nitrogens is 2. The molecule has 4 rings (SSSR count). The number of benzene rings is 2. The van der Waals surface area contributed by atoms with Crippen LogP contribution in [0.4, 0.5) is 4.79 Å². The van der Waals surface area contributed by atoms with Crippen LogP contribution < -0.4 is 15.8 Å². The molecular weight excluding hydrogens is 380 g/mol. The molecule has 30 heavy (non-hydrogen) atoms. The van der Waals surface area contributed by atoms with Gasteiger partial charge in [0.25, 0.3) is 0 Å². The number of rotatable bonds is 2. The van der Waals surface area contributed by atoms with E-state index in [-0.39, 0.29) is 0 Å². The number of nitrogens with one attached hydrogen (secondary N) is 1. The van der Waals surface area contributed by atoms with E-state index in [1.165, 1.54) is 6.33 Å². The highest BCUT2D eigenvalue weighted by atomic mass is 16.5. The zero-order valence-electron chi connectivity index (χ0n) is 16.5. The van der Waals surface area contributed by atoms with Crippen molar-refractivity contribution < 1.29 is 14.6 Å². The number of amides is 2. The van der Waals surface area contributed by atoms with Gasteiger partial charge in [0.05, 0.1) is 6.04 Å². The summed E-state index contributed by atoms with van der Waals surface area (Å²) in [5, 5.41) is 12.7. The van der Waals surface area contributed by atoms with Crippen LogP contribution in [-0.2, 0) is 0 Å². The van der Waals surface area contributed by atoms with Crippen LogP contribution in [0.15, 0.2) is 55.1 Å². The summed E-state index contributed by atoms with van der Waals surface area (Å²) in [7, 11) is 0. The Balaban J connectivity index is 1.81. The molecule has 1 aliphatic heterocycles. The van der Waals surface area contributed by atoms with Gasteiger partial charge in [0, 0.05) is 34.6 Å². The predicted molar refractivity (Wildman–Crippen MR) is 112 cm³/mol. The van der Waals surface area contributed by atoms with Gasteiger partial charge in [-0.1, -0.05) is 17.9 Å². The van der Waals surface area contributed by atoms with E-state index in [2.05, 4.69) is 27.1 Å². The molecule has 0 saturated carbocycles. The third-order valence-corrected chi connectivity index (χ3v) is 4.55. The summed E-state index contributed by atoms with van der Waals surface area (Å²) >= 11 is 0. The number of primary amides is 1. The van der Waals surface area contributed by atoms with Gasteiger partial charge in [0.15, 0.2) is 0 Å². The van der Waals surface area contributed by atoms with Crippen LogP contribution in [0, 0.1) is 11.8 Å². The minimum Gasteiger partial charge on any atom is -0.457 e. The van der Waals surface area contributed by atoms with E-state index in [1.54, 1.807) is 38.4 Å². The Kier molecular flexibility index (Phi) is 4.86. The molecule has 3 aromatic rings. The third-order valence-electron chi connectivity index (χ3n) is 4.55. The summed E-state index contributed by atoms with van der Waals surface area (Å²) in [6.45, 7) is 3.23. The molecule has 7 nitrogen and oxygen atoms in total. The number of hydrogen-bond acceptors (Lipinski definition) is 5. The third kappa shape index (κ3) is 4.09. The monoisotopic (exact) mass is 400 g/mol. The fourth-order valence-electron chi connectivity index (χ4n) is 3.25. The number of carbonyl (C=O) groups is 1. The molecular formula is C23H20N4O3. The van der Waals surface area contributed by atoms with Gasteiger partial charge in [-0.05, 0) is 49.7 Å². The van der Waals surface area contributed by atoms with E-state index in [1.807, 2.05) is 24.3 Å². The van der Waals surface area contributed by atoms with Gasteiger partial charge in [0.1, 0.15) is 23.4 Å². The first-order valence-electron chi connectivity index (χ1n) is 9.33. The van der Waals surface area contributed by atoms with Crippen LogP contribution >= 0.6 is 0 Å². The van der Waals surface area contributed by atoms with Crippen molar-refractivity contribution in [3.05, 3.63) is 71.8 Å². The Bertz CT molecular complexity index is 1170. The van der Waals surface area contributed by atoms with Crippen LogP contribution in [0.1, 0.15) is 36.6 Å². The lowest BCUT2D eigenvalue weighted by Crippen LogP contribution is -2.35. The number of carbonyl (C=O) groups excluding carboxylic acids is 1. The second kappa shape index (κ2) is 7.50.